The maximum atomic E-state index is 6.49. The van der Waals surface area contributed by atoms with Crippen LogP contribution in [0.5, 0.6) is 0 Å². The van der Waals surface area contributed by atoms with Crippen molar-refractivity contribution in [2.24, 2.45) is 10.7 Å². The summed E-state index contributed by atoms with van der Waals surface area (Å²) in [7, 11) is 0. The Kier molecular flexibility index (Phi) is 8.29. The highest BCUT2D eigenvalue weighted by molar-refractivity contribution is 6.01. The van der Waals surface area contributed by atoms with Gasteiger partial charge >= 0.3 is 0 Å². The molecule has 8 rings (SSSR count). The van der Waals surface area contributed by atoms with Crippen molar-refractivity contribution in [3.63, 3.8) is 0 Å². The number of aryl methyl sites for hydroxylation is 1. The maximum absolute atomic E-state index is 6.49. The van der Waals surface area contributed by atoms with E-state index in [-0.39, 0.29) is 0 Å². The maximum Gasteiger partial charge on any atom is 0.131 e. The quantitative estimate of drug-likeness (QED) is 0.135. The predicted octanol–water partition coefficient (Wildman–Crippen LogP) is 11.8. The van der Waals surface area contributed by atoms with E-state index < -0.39 is 5.41 Å². The van der Waals surface area contributed by atoms with Crippen LogP contribution >= 0.6 is 0 Å². The summed E-state index contributed by atoms with van der Waals surface area (Å²) in [5.41, 5.74) is 23.7. The smallest absolute Gasteiger partial charge is 0.131 e. The van der Waals surface area contributed by atoms with Crippen LogP contribution < -0.4 is 5.73 Å². The Hall–Kier alpha value is -6.25. The third-order valence-corrected chi connectivity index (χ3v) is 10.2. The molecule has 0 aliphatic heterocycles. The molecule has 246 valence electrons. The standard InChI is InChI=1S/C49H40N2/c1-33(2)47(51-48(50)35-14-6-4-7-15-35)40-19-13-18-38(31-40)36-16-12-17-37(30-36)39-26-29-44-43-22-10-11-23-45(43)49(46(44)32-39,41-20-8-5-9-21-41)42-27-24-34(3)25-28-42/h4-32H,1-3H3,(H2,50,51). The molecule has 7 aromatic rings. The lowest BCUT2D eigenvalue weighted by atomic mass is 9.67. The van der Waals surface area contributed by atoms with Crippen molar-refractivity contribution in [3.05, 3.63) is 220 Å². The molecule has 0 spiro atoms. The van der Waals surface area contributed by atoms with Gasteiger partial charge in [-0.25, -0.2) is 4.99 Å². The van der Waals surface area contributed by atoms with E-state index in [2.05, 4.69) is 166 Å². The highest BCUT2D eigenvalue weighted by Crippen LogP contribution is 2.56. The highest BCUT2D eigenvalue weighted by atomic mass is 14.9. The molecular weight excluding hydrogens is 617 g/mol. The van der Waals surface area contributed by atoms with Gasteiger partial charge in [0, 0.05) is 11.1 Å². The molecule has 2 heteroatoms. The second-order valence-corrected chi connectivity index (χ2v) is 13.7. The Labute approximate surface area is 301 Å². The minimum absolute atomic E-state index is 0.439. The van der Waals surface area contributed by atoms with Crippen LogP contribution in [0, 0.1) is 6.92 Å². The van der Waals surface area contributed by atoms with Crippen molar-refractivity contribution in [2.45, 2.75) is 26.2 Å². The van der Waals surface area contributed by atoms with E-state index in [1.54, 1.807) is 0 Å². The lowest BCUT2D eigenvalue weighted by Gasteiger charge is -2.34. The fourth-order valence-corrected chi connectivity index (χ4v) is 7.72. The van der Waals surface area contributed by atoms with Crippen LogP contribution in [0.15, 0.2) is 186 Å². The molecule has 0 radical (unpaired) electrons. The second kappa shape index (κ2) is 13.2. The Bertz CT molecular complexity index is 2430. The first-order valence-electron chi connectivity index (χ1n) is 17.6. The SMILES string of the molecule is CC(C)=C(N=C(N)c1ccccc1)c1cccc(-c2cccc(-c3ccc4c(c3)C(c3ccccc3)(c3ccc(C)cc3)c3ccccc3-4)c2)c1. The summed E-state index contributed by atoms with van der Waals surface area (Å²) >= 11 is 0. The number of amidine groups is 1. The van der Waals surface area contributed by atoms with E-state index in [1.165, 1.54) is 50.1 Å². The van der Waals surface area contributed by atoms with Crippen molar-refractivity contribution in [1.82, 2.24) is 0 Å². The molecule has 1 aliphatic rings. The van der Waals surface area contributed by atoms with Crippen molar-refractivity contribution >= 4 is 11.5 Å². The Morgan fingerprint density at radius 3 is 1.73 bits per heavy atom. The van der Waals surface area contributed by atoms with Gasteiger partial charge < -0.3 is 5.73 Å². The minimum atomic E-state index is -0.439. The molecule has 2 N–H and O–H groups in total. The number of benzene rings is 7. The first kappa shape index (κ1) is 32.0. The number of nitrogens with zero attached hydrogens (tertiary/aromatic N) is 1. The normalized spacial score (nSPS) is 14.8. The van der Waals surface area contributed by atoms with Gasteiger partial charge in [0.1, 0.15) is 5.84 Å². The molecule has 0 amide bonds. The van der Waals surface area contributed by atoms with Gasteiger partial charge in [-0.3, -0.25) is 0 Å². The van der Waals surface area contributed by atoms with Crippen molar-refractivity contribution in [1.29, 1.82) is 0 Å². The van der Waals surface area contributed by atoms with Gasteiger partial charge in [-0.05, 0) is 94.6 Å². The number of allylic oxidation sites excluding steroid dienone is 1. The van der Waals surface area contributed by atoms with Gasteiger partial charge in [-0.2, -0.15) is 0 Å². The van der Waals surface area contributed by atoms with Gasteiger partial charge in [-0.1, -0.05) is 169 Å². The van der Waals surface area contributed by atoms with Gasteiger partial charge in [0.2, 0.25) is 0 Å². The van der Waals surface area contributed by atoms with Gasteiger partial charge in [0.15, 0.2) is 0 Å². The number of aliphatic imine (C=N–C) groups is 1. The van der Waals surface area contributed by atoms with Crippen molar-refractivity contribution in [3.8, 4) is 33.4 Å². The monoisotopic (exact) mass is 656 g/mol. The Morgan fingerprint density at radius 2 is 1.02 bits per heavy atom. The average molecular weight is 657 g/mol. The summed E-state index contributed by atoms with van der Waals surface area (Å²) in [5.74, 6) is 0.509. The highest BCUT2D eigenvalue weighted by Gasteiger charge is 2.46. The molecule has 0 heterocycles. The zero-order chi connectivity index (χ0) is 35.0. The molecule has 51 heavy (non-hydrogen) atoms. The fourth-order valence-electron chi connectivity index (χ4n) is 7.72. The van der Waals surface area contributed by atoms with Gasteiger partial charge in [0.25, 0.3) is 0 Å². The molecule has 1 aliphatic carbocycles. The van der Waals surface area contributed by atoms with Crippen LogP contribution in [-0.4, -0.2) is 5.84 Å². The van der Waals surface area contributed by atoms with E-state index in [4.69, 9.17) is 10.7 Å². The zero-order valence-corrected chi connectivity index (χ0v) is 29.3. The van der Waals surface area contributed by atoms with Gasteiger partial charge in [-0.15, -0.1) is 0 Å². The summed E-state index contributed by atoms with van der Waals surface area (Å²) < 4.78 is 0. The predicted molar refractivity (Wildman–Crippen MR) is 215 cm³/mol. The van der Waals surface area contributed by atoms with E-state index in [0.29, 0.717) is 5.84 Å². The lowest BCUT2D eigenvalue weighted by Crippen LogP contribution is -2.28. The van der Waals surface area contributed by atoms with E-state index in [9.17, 15) is 0 Å². The largest absolute Gasteiger partial charge is 0.383 e. The average Bonchev–Trinajstić information content (AvgIpc) is 3.48. The number of hydrogen-bond acceptors (Lipinski definition) is 1. The summed E-state index contributed by atoms with van der Waals surface area (Å²) in [5, 5.41) is 0. The number of fused-ring (bicyclic) bond motifs is 3. The first-order valence-corrected chi connectivity index (χ1v) is 17.6. The first-order chi connectivity index (χ1) is 24.9. The fraction of sp³-hybridized carbons (Fsp3) is 0.0816. The molecular formula is C49H40N2. The molecule has 2 nitrogen and oxygen atoms in total. The van der Waals surface area contributed by atoms with Crippen LogP contribution in [0.1, 0.15) is 52.8 Å². The van der Waals surface area contributed by atoms with Crippen LogP contribution in [0.2, 0.25) is 0 Å². The number of hydrogen-bond donors (Lipinski definition) is 1. The Balaban J connectivity index is 1.24. The molecule has 7 aromatic carbocycles. The lowest BCUT2D eigenvalue weighted by molar-refractivity contribution is 0.768. The van der Waals surface area contributed by atoms with Crippen LogP contribution in [0.25, 0.3) is 39.1 Å². The van der Waals surface area contributed by atoms with Crippen LogP contribution in [-0.2, 0) is 5.41 Å². The summed E-state index contributed by atoms with van der Waals surface area (Å²) in [6.07, 6.45) is 0. The Morgan fingerprint density at radius 1 is 0.471 bits per heavy atom. The van der Waals surface area contributed by atoms with E-state index in [1.807, 2.05) is 30.3 Å². The summed E-state index contributed by atoms with van der Waals surface area (Å²) in [6, 6.07) is 63.5. The van der Waals surface area contributed by atoms with Crippen molar-refractivity contribution in [2.75, 3.05) is 0 Å². The molecule has 1 unspecified atom stereocenters. The topological polar surface area (TPSA) is 38.4 Å². The van der Waals surface area contributed by atoms with E-state index in [0.717, 1.165) is 33.5 Å². The summed E-state index contributed by atoms with van der Waals surface area (Å²) in [6.45, 7) is 6.33. The molecule has 1 atom stereocenters. The van der Waals surface area contributed by atoms with Crippen LogP contribution in [0.3, 0.4) is 0 Å². The molecule has 0 saturated heterocycles. The number of nitrogens with two attached hydrogens (primary N) is 1. The molecule has 0 saturated carbocycles. The third kappa shape index (κ3) is 5.69. The minimum Gasteiger partial charge on any atom is -0.383 e. The molecule has 0 bridgehead atoms. The number of rotatable bonds is 7. The van der Waals surface area contributed by atoms with E-state index >= 15 is 0 Å². The van der Waals surface area contributed by atoms with Crippen molar-refractivity contribution < 1.29 is 0 Å². The molecule has 0 fully saturated rings. The van der Waals surface area contributed by atoms with Crippen LogP contribution in [0.4, 0.5) is 0 Å². The van der Waals surface area contributed by atoms with Gasteiger partial charge in [0.05, 0.1) is 11.1 Å². The summed E-state index contributed by atoms with van der Waals surface area (Å²) in [4.78, 5) is 4.91. The second-order valence-electron chi connectivity index (χ2n) is 13.7. The zero-order valence-electron chi connectivity index (χ0n) is 29.3. The molecule has 0 aromatic heterocycles. The third-order valence-electron chi connectivity index (χ3n) is 10.2.